The molecule has 10 heteroatoms. The summed E-state index contributed by atoms with van der Waals surface area (Å²) in [4.78, 5) is 15.6. The Hall–Kier alpha value is -4.91. The molecule has 8 rings (SSSR count). The first kappa shape index (κ1) is 29.5. The summed E-state index contributed by atoms with van der Waals surface area (Å²) in [6, 6.07) is 15.5. The molecule has 2 fully saturated rings. The van der Waals surface area contributed by atoms with Gasteiger partial charge in [0.25, 0.3) is 0 Å². The number of hydrogen-bond acceptors (Lipinski definition) is 6. The van der Waals surface area contributed by atoms with Crippen LogP contribution in [0.1, 0.15) is 62.4 Å². The molecule has 240 valence electrons. The van der Waals surface area contributed by atoms with E-state index in [0.717, 1.165) is 18.4 Å². The van der Waals surface area contributed by atoms with Gasteiger partial charge in [0.1, 0.15) is 29.5 Å². The normalized spacial score (nSPS) is 21.7. The number of amides is 1. The Bertz CT molecular complexity index is 2010. The molecule has 4 aliphatic rings. The molecule has 4 aromatic rings. The number of hydrogen-bond donors (Lipinski definition) is 0. The summed E-state index contributed by atoms with van der Waals surface area (Å²) in [5.41, 5.74) is 1.49. The SMILES string of the molecule is Cn1cc2c(n1)COc1c-2cc(C#N)c(-c2cc(F)cc3c2C[C@](c2ccccc2)([C@@H]2CC4(CC4)CN2C(=O)OC(C)(C)C)O3)c1F. The van der Waals surface area contributed by atoms with Gasteiger partial charge in [-0.2, -0.15) is 10.4 Å². The average Bonchev–Trinajstić information content (AvgIpc) is 3.32. The molecule has 1 amide bonds. The van der Waals surface area contributed by atoms with Gasteiger partial charge in [-0.15, -0.1) is 0 Å². The van der Waals surface area contributed by atoms with Gasteiger partial charge in [0.05, 0.1) is 17.7 Å². The van der Waals surface area contributed by atoms with E-state index in [0.29, 0.717) is 35.3 Å². The fourth-order valence-electron chi connectivity index (χ4n) is 7.72. The zero-order chi connectivity index (χ0) is 32.9. The molecule has 0 N–H and O–H groups in total. The van der Waals surface area contributed by atoms with Gasteiger partial charge in [0.15, 0.2) is 17.2 Å². The lowest BCUT2D eigenvalue weighted by atomic mass is 9.78. The minimum Gasteiger partial charge on any atom is -0.483 e. The number of carbonyl (C=O) groups excluding carboxylic acids is 1. The zero-order valence-electron chi connectivity index (χ0n) is 26.7. The van der Waals surface area contributed by atoms with Gasteiger partial charge < -0.3 is 19.1 Å². The van der Waals surface area contributed by atoms with E-state index in [2.05, 4.69) is 11.2 Å². The fourth-order valence-corrected chi connectivity index (χ4v) is 7.72. The van der Waals surface area contributed by atoms with Gasteiger partial charge in [0, 0.05) is 54.5 Å². The summed E-state index contributed by atoms with van der Waals surface area (Å²) in [5.74, 6) is -1.13. The van der Waals surface area contributed by atoms with Crippen LogP contribution in [0.3, 0.4) is 0 Å². The van der Waals surface area contributed by atoms with Gasteiger partial charge in [0.2, 0.25) is 0 Å². The molecule has 1 saturated carbocycles. The van der Waals surface area contributed by atoms with Crippen molar-refractivity contribution in [1.29, 1.82) is 5.26 Å². The highest BCUT2D eigenvalue weighted by Gasteiger charge is 2.62. The Morgan fingerprint density at radius 1 is 1.11 bits per heavy atom. The van der Waals surface area contributed by atoms with Crippen LogP contribution in [-0.4, -0.2) is 39.0 Å². The summed E-state index contributed by atoms with van der Waals surface area (Å²) in [5, 5.41) is 14.7. The maximum Gasteiger partial charge on any atom is 0.410 e. The number of benzene rings is 3. The molecule has 0 unspecified atom stereocenters. The van der Waals surface area contributed by atoms with Crippen molar-refractivity contribution in [2.24, 2.45) is 12.5 Å². The van der Waals surface area contributed by atoms with Crippen molar-refractivity contribution in [3.8, 4) is 39.8 Å². The number of nitriles is 1. The number of likely N-dealkylation sites (tertiary alicyclic amines) is 1. The number of rotatable bonds is 3. The Morgan fingerprint density at radius 2 is 1.87 bits per heavy atom. The molecule has 0 bridgehead atoms. The minimum absolute atomic E-state index is 0.00619. The highest BCUT2D eigenvalue weighted by Crippen LogP contribution is 2.60. The monoisotopic (exact) mass is 636 g/mol. The lowest BCUT2D eigenvalue weighted by Crippen LogP contribution is -2.53. The van der Waals surface area contributed by atoms with Gasteiger partial charge >= 0.3 is 6.09 Å². The van der Waals surface area contributed by atoms with Crippen molar-refractivity contribution >= 4 is 6.09 Å². The maximum absolute atomic E-state index is 16.7. The largest absolute Gasteiger partial charge is 0.483 e. The molecule has 1 aromatic heterocycles. The van der Waals surface area contributed by atoms with E-state index < -0.39 is 35.0 Å². The van der Waals surface area contributed by atoms with Crippen LogP contribution in [-0.2, 0) is 30.4 Å². The zero-order valence-corrected chi connectivity index (χ0v) is 26.7. The highest BCUT2D eigenvalue weighted by molar-refractivity contribution is 5.85. The number of ether oxygens (including phenoxy) is 3. The van der Waals surface area contributed by atoms with Crippen LogP contribution in [0, 0.1) is 28.4 Å². The number of carbonyl (C=O) groups is 1. The van der Waals surface area contributed by atoms with E-state index in [4.69, 9.17) is 14.2 Å². The predicted octanol–water partition coefficient (Wildman–Crippen LogP) is 7.42. The molecular formula is C37H34F2N4O4. The van der Waals surface area contributed by atoms with Crippen molar-refractivity contribution in [1.82, 2.24) is 14.7 Å². The summed E-state index contributed by atoms with van der Waals surface area (Å²) in [6.45, 7) is 6.12. The van der Waals surface area contributed by atoms with Crippen molar-refractivity contribution < 1.29 is 27.8 Å². The molecule has 2 atom stereocenters. The Kier molecular flexibility index (Phi) is 6.30. The highest BCUT2D eigenvalue weighted by atomic mass is 19.1. The Labute approximate surface area is 271 Å². The summed E-state index contributed by atoms with van der Waals surface area (Å²) < 4.78 is 52.5. The average molecular weight is 637 g/mol. The van der Waals surface area contributed by atoms with E-state index in [1.807, 2.05) is 51.1 Å². The number of aryl methyl sites for hydroxylation is 1. The number of aromatic nitrogens is 2. The second-order valence-electron chi connectivity index (χ2n) is 14.3. The van der Waals surface area contributed by atoms with Crippen molar-refractivity contribution in [2.45, 2.75) is 70.3 Å². The molecule has 8 nitrogen and oxygen atoms in total. The number of fused-ring (bicyclic) bond motifs is 4. The van der Waals surface area contributed by atoms with Gasteiger partial charge in [-0.1, -0.05) is 30.3 Å². The summed E-state index contributed by atoms with van der Waals surface area (Å²) in [7, 11) is 1.77. The molecule has 4 heterocycles. The van der Waals surface area contributed by atoms with E-state index in [-0.39, 0.29) is 46.6 Å². The third kappa shape index (κ3) is 4.66. The third-order valence-electron chi connectivity index (χ3n) is 9.96. The van der Waals surface area contributed by atoms with Gasteiger partial charge in [-0.3, -0.25) is 4.68 Å². The quantitative estimate of drug-likeness (QED) is 0.233. The van der Waals surface area contributed by atoms with Crippen LogP contribution in [0.25, 0.3) is 22.3 Å². The van der Waals surface area contributed by atoms with E-state index in [1.54, 1.807) is 28.9 Å². The van der Waals surface area contributed by atoms with Crippen LogP contribution in [0.5, 0.6) is 11.5 Å². The molecule has 1 spiro atoms. The van der Waals surface area contributed by atoms with E-state index in [9.17, 15) is 10.1 Å². The van der Waals surface area contributed by atoms with Crippen LogP contribution in [0.4, 0.5) is 13.6 Å². The second-order valence-corrected chi connectivity index (χ2v) is 14.3. The lowest BCUT2D eigenvalue weighted by molar-refractivity contribution is -0.0216. The lowest BCUT2D eigenvalue weighted by Gasteiger charge is -2.40. The molecule has 3 aromatic carbocycles. The third-order valence-corrected chi connectivity index (χ3v) is 9.96. The maximum atomic E-state index is 16.7. The Morgan fingerprint density at radius 3 is 2.57 bits per heavy atom. The summed E-state index contributed by atoms with van der Waals surface area (Å²) >= 11 is 0. The number of nitrogens with zero attached hydrogens (tertiary/aromatic N) is 4. The van der Waals surface area contributed by atoms with Crippen LogP contribution in [0.2, 0.25) is 0 Å². The van der Waals surface area contributed by atoms with Crippen LogP contribution >= 0.6 is 0 Å². The van der Waals surface area contributed by atoms with E-state index in [1.165, 1.54) is 12.1 Å². The van der Waals surface area contributed by atoms with Crippen LogP contribution < -0.4 is 9.47 Å². The molecular weight excluding hydrogens is 602 g/mol. The van der Waals surface area contributed by atoms with Crippen molar-refractivity contribution in [3.05, 3.63) is 88.7 Å². The van der Waals surface area contributed by atoms with Gasteiger partial charge in [-0.05, 0) is 68.7 Å². The molecule has 0 radical (unpaired) electrons. The topological polar surface area (TPSA) is 89.6 Å². The fraction of sp³-hybridized carbons (Fsp3) is 0.378. The standard InChI is InChI=1S/C37H34F2N4O4/c1-35(2,3)47-34(44)43-20-36(10-11-36)16-30(43)37(22-8-6-5-7-9-22)15-26-24(13-23(38)14-29(26)46-37)31-21(17-40)12-25-27-18-42(4)41-28(27)19-45-33(25)32(31)39/h5-9,12-14,18,30H,10-11,15-16,19-20H2,1-4H3/t30-,37-/m0/s1. The first-order valence-corrected chi connectivity index (χ1v) is 15.9. The molecule has 3 aliphatic heterocycles. The first-order valence-electron chi connectivity index (χ1n) is 15.9. The van der Waals surface area contributed by atoms with Crippen molar-refractivity contribution in [3.63, 3.8) is 0 Å². The molecule has 1 saturated heterocycles. The minimum atomic E-state index is -1.12. The number of halogens is 2. The Balaban J connectivity index is 1.29. The summed E-state index contributed by atoms with van der Waals surface area (Å²) in [6.07, 6.45) is 4.23. The van der Waals surface area contributed by atoms with E-state index >= 15 is 8.78 Å². The second kappa shape index (κ2) is 10.0. The molecule has 1 aliphatic carbocycles. The molecule has 47 heavy (non-hydrogen) atoms. The van der Waals surface area contributed by atoms with Crippen LogP contribution in [0.15, 0.2) is 54.7 Å². The predicted molar refractivity (Wildman–Crippen MR) is 169 cm³/mol. The smallest absolute Gasteiger partial charge is 0.410 e. The van der Waals surface area contributed by atoms with Crippen molar-refractivity contribution in [2.75, 3.05) is 6.54 Å². The van der Waals surface area contributed by atoms with Gasteiger partial charge in [-0.25, -0.2) is 13.6 Å². The first-order chi connectivity index (χ1) is 22.4.